The Labute approximate surface area is 227 Å². The lowest BCUT2D eigenvalue weighted by Crippen LogP contribution is -2.51. The van der Waals surface area contributed by atoms with Gasteiger partial charge >= 0.3 is 0 Å². The van der Waals surface area contributed by atoms with E-state index >= 15 is 0 Å². The molecule has 204 valence electrons. The average molecular weight is 520 g/mol. The zero-order chi connectivity index (χ0) is 27.3. The lowest BCUT2D eigenvalue weighted by molar-refractivity contribution is -0.167. The van der Waals surface area contributed by atoms with Gasteiger partial charge in [0.2, 0.25) is 0 Å². The second-order valence-electron chi connectivity index (χ2n) is 11.8. The number of unbranched alkanes of at least 4 members (excludes halogenated alkanes) is 1. The van der Waals surface area contributed by atoms with Crippen molar-refractivity contribution in [3.8, 4) is 5.75 Å². The Morgan fingerprint density at radius 2 is 1.61 bits per heavy atom. The number of rotatable bonds is 10. The number of halogens is 1. The van der Waals surface area contributed by atoms with E-state index in [1.807, 2.05) is 12.1 Å². The highest BCUT2D eigenvalue weighted by atomic mass is 19.1. The summed E-state index contributed by atoms with van der Waals surface area (Å²) < 4.78 is 32.9. The third kappa shape index (κ3) is 6.95. The van der Waals surface area contributed by atoms with Crippen LogP contribution in [0.1, 0.15) is 82.7 Å². The summed E-state index contributed by atoms with van der Waals surface area (Å²) in [7, 11) is 0. The standard InChI is InChI=1S/C33H42FNO3/c1-7-8-19-36-30-28-20-27(35-21-23-11-15-26(34)16-12-23)17-18-29(28)38-33(5,6)31(30)37-22-24-9-13-25(14-10-24)32(2,3)4/h9-18,20,30-31,35H,7-8,19,21-22H2,1-6H3. The second-order valence-corrected chi connectivity index (χ2v) is 11.8. The van der Waals surface area contributed by atoms with Crippen LogP contribution in [0, 0.1) is 5.82 Å². The molecule has 0 spiro atoms. The zero-order valence-corrected chi connectivity index (χ0v) is 23.6. The topological polar surface area (TPSA) is 39.7 Å². The molecule has 3 aromatic carbocycles. The van der Waals surface area contributed by atoms with Gasteiger partial charge in [-0.25, -0.2) is 4.39 Å². The molecule has 0 bridgehead atoms. The van der Waals surface area contributed by atoms with Gasteiger partial charge < -0.3 is 19.5 Å². The number of hydrogen-bond acceptors (Lipinski definition) is 4. The van der Waals surface area contributed by atoms with Crippen LogP contribution in [0.5, 0.6) is 5.75 Å². The molecule has 0 aromatic heterocycles. The molecule has 4 nitrogen and oxygen atoms in total. The highest BCUT2D eigenvalue weighted by molar-refractivity contribution is 5.54. The maximum absolute atomic E-state index is 13.3. The van der Waals surface area contributed by atoms with Gasteiger partial charge in [-0.05, 0) is 72.7 Å². The summed E-state index contributed by atoms with van der Waals surface area (Å²) in [5.74, 6) is 0.587. The molecule has 0 saturated heterocycles. The number of anilines is 1. The summed E-state index contributed by atoms with van der Waals surface area (Å²) in [5, 5.41) is 3.45. The predicted octanol–water partition coefficient (Wildman–Crippen LogP) is 8.35. The Morgan fingerprint density at radius 1 is 0.921 bits per heavy atom. The number of ether oxygens (including phenoxy) is 3. The Balaban J connectivity index is 1.55. The smallest absolute Gasteiger partial charge is 0.132 e. The van der Waals surface area contributed by atoms with E-state index in [2.05, 4.69) is 77.2 Å². The molecule has 3 aromatic rings. The fourth-order valence-electron chi connectivity index (χ4n) is 4.76. The van der Waals surface area contributed by atoms with Gasteiger partial charge in [-0.1, -0.05) is 70.5 Å². The van der Waals surface area contributed by atoms with Crippen molar-refractivity contribution in [2.45, 2.75) is 90.8 Å². The summed E-state index contributed by atoms with van der Waals surface area (Å²) in [6.07, 6.45) is 1.49. The van der Waals surface area contributed by atoms with E-state index in [-0.39, 0.29) is 23.4 Å². The minimum absolute atomic E-state index is 0.114. The van der Waals surface area contributed by atoms with Gasteiger partial charge in [-0.3, -0.25) is 0 Å². The van der Waals surface area contributed by atoms with Crippen molar-refractivity contribution >= 4 is 5.69 Å². The van der Waals surface area contributed by atoms with Gasteiger partial charge in [0.15, 0.2) is 0 Å². The molecular formula is C33H42FNO3. The second kappa shape index (κ2) is 11.9. The van der Waals surface area contributed by atoms with E-state index in [0.717, 1.165) is 41.0 Å². The van der Waals surface area contributed by atoms with Crippen LogP contribution in [0.4, 0.5) is 10.1 Å². The molecule has 0 radical (unpaired) electrons. The zero-order valence-electron chi connectivity index (χ0n) is 23.6. The van der Waals surface area contributed by atoms with Crippen LogP contribution in [-0.4, -0.2) is 18.3 Å². The van der Waals surface area contributed by atoms with E-state index in [1.165, 1.54) is 17.7 Å². The van der Waals surface area contributed by atoms with Crippen LogP contribution in [-0.2, 0) is 28.0 Å². The Hall–Kier alpha value is -2.89. The maximum atomic E-state index is 13.3. The first-order chi connectivity index (χ1) is 18.1. The molecule has 2 atom stereocenters. The van der Waals surface area contributed by atoms with Crippen molar-refractivity contribution in [2.24, 2.45) is 0 Å². The number of fused-ring (bicyclic) bond motifs is 1. The quantitative estimate of drug-likeness (QED) is 0.273. The molecule has 2 unspecified atom stereocenters. The summed E-state index contributed by atoms with van der Waals surface area (Å²) in [6.45, 7) is 14.7. The van der Waals surface area contributed by atoms with E-state index in [9.17, 15) is 4.39 Å². The van der Waals surface area contributed by atoms with Crippen LogP contribution in [0.3, 0.4) is 0 Å². The highest BCUT2D eigenvalue weighted by Crippen LogP contribution is 2.44. The van der Waals surface area contributed by atoms with Crippen molar-refractivity contribution < 1.29 is 18.6 Å². The third-order valence-corrected chi connectivity index (χ3v) is 7.10. The van der Waals surface area contributed by atoms with Crippen molar-refractivity contribution in [1.82, 2.24) is 0 Å². The summed E-state index contributed by atoms with van der Waals surface area (Å²) >= 11 is 0. The van der Waals surface area contributed by atoms with Crippen molar-refractivity contribution in [1.29, 1.82) is 0 Å². The van der Waals surface area contributed by atoms with Crippen LogP contribution in [0.25, 0.3) is 0 Å². The molecule has 1 N–H and O–H groups in total. The largest absolute Gasteiger partial charge is 0.485 e. The molecule has 0 amide bonds. The van der Waals surface area contributed by atoms with E-state index in [1.54, 1.807) is 12.1 Å². The average Bonchev–Trinajstić information content (AvgIpc) is 2.87. The summed E-state index contributed by atoms with van der Waals surface area (Å²) in [6, 6.07) is 21.3. The molecule has 4 rings (SSSR count). The summed E-state index contributed by atoms with van der Waals surface area (Å²) in [5.41, 5.74) is 4.92. The van der Waals surface area contributed by atoms with Crippen LogP contribution in [0.2, 0.25) is 0 Å². The Morgan fingerprint density at radius 3 is 2.26 bits per heavy atom. The van der Waals surface area contributed by atoms with Crippen molar-refractivity contribution in [2.75, 3.05) is 11.9 Å². The van der Waals surface area contributed by atoms with Crippen LogP contribution in [0.15, 0.2) is 66.7 Å². The predicted molar refractivity (Wildman–Crippen MR) is 152 cm³/mol. The minimum Gasteiger partial charge on any atom is -0.485 e. The molecule has 38 heavy (non-hydrogen) atoms. The lowest BCUT2D eigenvalue weighted by Gasteiger charge is -2.44. The first-order valence-corrected chi connectivity index (χ1v) is 13.7. The first kappa shape index (κ1) is 28.1. The number of nitrogens with one attached hydrogen (secondary N) is 1. The van der Waals surface area contributed by atoms with Crippen LogP contribution >= 0.6 is 0 Å². The van der Waals surface area contributed by atoms with Gasteiger partial charge in [0.1, 0.15) is 29.4 Å². The molecule has 1 aliphatic rings. The SMILES string of the molecule is CCCCOC1c2cc(NCc3ccc(F)cc3)ccc2OC(C)(C)C1OCc1ccc(C(C)(C)C)cc1. The fraction of sp³-hybridized carbons (Fsp3) is 0.455. The van der Waals surface area contributed by atoms with Gasteiger partial charge in [-0.2, -0.15) is 0 Å². The minimum atomic E-state index is -0.571. The molecule has 0 saturated carbocycles. The fourth-order valence-corrected chi connectivity index (χ4v) is 4.76. The Kier molecular flexibility index (Phi) is 8.79. The lowest BCUT2D eigenvalue weighted by atomic mass is 9.86. The van der Waals surface area contributed by atoms with E-state index in [4.69, 9.17) is 14.2 Å². The molecule has 1 heterocycles. The monoisotopic (exact) mass is 519 g/mol. The van der Waals surface area contributed by atoms with Crippen LogP contribution < -0.4 is 10.1 Å². The Bertz CT molecular complexity index is 1180. The van der Waals surface area contributed by atoms with E-state index in [0.29, 0.717) is 19.8 Å². The number of benzene rings is 3. The molecule has 0 aliphatic carbocycles. The molecule has 1 aliphatic heterocycles. The first-order valence-electron chi connectivity index (χ1n) is 13.7. The normalized spacial score (nSPS) is 18.5. The van der Waals surface area contributed by atoms with E-state index < -0.39 is 5.60 Å². The van der Waals surface area contributed by atoms with Crippen molar-refractivity contribution in [3.63, 3.8) is 0 Å². The van der Waals surface area contributed by atoms with Gasteiger partial charge in [-0.15, -0.1) is 0 Å². The third-order valence-electron chi connectivity index (χ3n) is 7.10. The number of hydrogen-bond donors (Lipinski definition) is 1. The molecular weight excluding hydrogens is 477 g/mol. The maximum Gasteiger partial charge on any atom is 0.132 e. The van der Waals surface area contributed by atoms with Crippen molar-refractivity contribution in [3.05, 3.63) is 94.8 Å². The van der Waals surface area contributed by atoms with Gasteiger partial charge in [0, 0.05) is 24.4 Å². The van der Waals surface area contributed by atoms with Gasteiger partial charge in [0.05, 0.1) is 6.61 Å². The molecule has 5 heteroatoms. The van der Waals surface area contributed by atoms with Gasteiger partial charge in [0.25, 0.3) is 0 Å². The molecule has 0 fully saturated rings. The summed E-state index contributed by atoms with van der Waals surface area (Å²) in [4.78, 5) is 0. The highest BCUT2D eigenvalue weighted by Gasteiger charge is 2.45.